The largest absolute Gasteiger partial charge is 0.573 e. The summed E-state index contributed by atoms with van der Waals surface area (Å²) in [7, 11) is 0. The van der Waals surface area contributed by atoms with E-state index >= 15 is 0 Å². The number of aromatic nitrogens is 6. The predicted octanol–water partition coefficient (Wildman–Crippen LogP) is 11.8. The monoisotopic (exact) mass is 1640 g/mol. The van der Waals surface area contributed by atoms with Crippen molar-refractivity contribution >= 4 is 70.1 Å². The zero-order chi connectivity index (χ0) is 83.1. The molecular weight excluding hydrogens is 1550 g/mol. The highest BCUT2D eigenvalue weighted by molar-refractivity contribution is 5.76. The summed E-state index contributed by atoms with van der Waals surface area (Å²) in [5.41, 5.74) is -0.171. The van der Waals surface area contributed by atoms with Gasteiger partial charge in [0, 0.05) is 152 Å². The van der Waals surface area contributed by atoms with Crippen LogP contribution in [0.2, 0.25) is 0 Å². The molecule has 0 radical (unpaired) electrons. The number of alkyl halides is 9. The van der Waals surface area contributed by atoms with Gasteiger partial charge in [-0.15, -0.1) is 39.5 Å². The first-order valence-corrected chi connectivity index (χ1v) is 38.3. The van der Waals surface area contributed by atoms with Crippen molar-refractivity contribution in [2.75, 3.05) is 97.3 Å². The molecule has 6 aliphatic rings. The molecular formula is C74H94F9N21O12. The second-order valence-electron chi connectivity index (χ2n) is 29.2. The number of ether oxygens (including phenoxy) is 3. The average Bonchev–Trinajstić information content (AvgIpc) is 1.21. The molecule has 0 bridgehead atoms. The maximum absolute atomic E-state index is 12.7. The maximum atomic E-state index is 12.7. The molecule has 3 saturated carbocycles. The number of nitrogens with zero attached hydrogens (tertiary/aromatic N) is 12. The molecule has 3 aliphatic carbocycles. The highest BCUT2D eigenvalue weighted by atomic mass is 19.4. The molecule has 3 saturated heterocycles. The fourth-order valence-corrected chi connectivity index (χ4v) is 15.4. The van der Waals surface area contributed by atoms with Crippen LogP contribution in [0, 0.1) is 48.1 Å². The van der Waals surface area contributed by atoms with E-state index in [1.54, 1.807) is 18.2 Å². The number of carbonyl (C=O) groups excluding carboxylic acids is 3. The average molecular weight is 1640 g/mol. The smallest absolute Gasteiger partial charge is 0.405 e. The number of carbonyl (C=O) groups is 3. The molecule has 0 spiro atoms. The Balaban J connectivity index is 0.000000184. The van der Waals surface area contributed by atoms with Crippen LogP contribution in [-0.4, -0.2) is 192 Å². The molecule has 42 heteroatoms. The quantitative estimate of drug-likeness (QED) is 0.0120. The number of benzene rings is 3. The minimum atomic E-state index is -4.83. The number of halogens is 9. The van der Waals surface area contributed by atoms with Gasteiger partial charge in [0.1, 0.15) is 35.8 Å². The second kappa shape index (κ2) is 41.0. The van der Waals surface area contributed by atoms with E-state index in [0.29, 0.717) is 68.5 Å². The van der Waals surface area contributed by atoms with Crippen molar-refractivity contribution in [2.24, 2.45) is 17.8 Å². The van der Waals surface area contributed by atoms with Crippen molar-refractivity contribution in [3.63, 3.8) is 0 Å². The van der Waals surface area contributed by atoms with E-state index in [4.69, 9.17) is 0 Å². The number of nitro groups is 3. The Hall–Kier alpha value is -11.0. The normalized spacial score (nSPS) is 21.5. The Labute approximate surface area is 661 Å². The molecule has 9 N–H and O–H groups in total. The van der Waals surface area contributed by atoms with Crippen LogP contribution >= 0.6 is 0 Å². The Morgan fingerprint density at radius 2 is 0.759 bits per heavy atom. The lowest BCUT2D eigenvalue weighted by molar-refractivity contribution is -0.384. The second-order valence-corrected chi connectivity index (χ2v) is 29.2. The zero-order valence-electron chi connectivity index (χ0n) is 63.7. The molecule has 3 aliphatic heterocycles. The SMILES string of the molecule is CC(=O)NC1CCN(C2CCC(CNc3nc(NCc4ccccc4OC(F)(F)F)ncc3[N+](=O)[O-])CC2)C1.CC(=O)NC1CCN(C2CCC(CNc3nc(NCc4ccccc4OC(F)(F)F)ncc3[N+](=O)[O-])CC2)C1.O=C1CCN(C2CCC(CNc3nc(NCc4ccccc4OC(F)(F)F)ncc3[N+](=O)[O-])CC2)CCN1. The fraction of sp³-hybridized carbons (Fsp3) is 0.554. The number of nitrogens with one attached hydrogen (secondary N) is 9. The van der Waals surface area contributed by atoms with Gasteiger partial charge in [0.05, 0.1) is 14.8 Å². The summed E-state index contributed by atoms with van der Waals surface area (Å²) in [6.45, 7) is 10.3. The molecule has 630 valence electrons. The number of hydrogen-bond donors (Lipinski definition) is 9. The summed E-state index contributed by atoms with van der Waals surface area (Å²) in [5.74, 6) is 0.205. The van der Waals surface area contributed by atoms with E-state index in [0.717, 1.165) is 148 Å². The Morgan fingerprint density at radius 1 is 0.448 bits per heavy atom. The van der Waals surface area contributed by atoms with Crippen molar-refractivity contribution in [3.8, 4) is 17.2 Å². The van der Waals surface area contributed by atoms with Crippen LogP contribution in [0.4, 0.5) is 91.9 Å². The molecule has 116 heavy (non-hydrogen) atoms. The van der Waals surface area contributed by atoms with Gasteiger partial charge in [0.25, 0.3) is 0 Å². The molecule has 3 aromatic carbocycles. The summed E-state index contributed by atoms with van der Waals surface area (Å²) in [6, 6.07) is 18.8. The van der Waals surface area contributed by atoms with Crippen molar-refractivity contribution in [1.29, 1.82) is 0 Å². The molecule has 6 fully saturated rings. The van der Waals surface area contributed by atoms with Crippen molar-refractivity contribution < 1.29 is 82.9 Å². The first kappa shape index (κ1) is 87.3. The molecule has 3 amide bonds. The summed E-state index contributed by atoms with van der Waals surface area (Å²) in [4.78, 5) is 98.9. The Morgan fingerprint density at radius 3 is 1.06 bits per heavy atom. The van der Waals surface area contributed by atoms with Gasteiger partial charge in [-0.25, -0.2) is 15.0 Å². The standard InChI is InChI=1S/2C25H32F3N7O4.C24H30F3N7O4/c2*1-16(36)32-19-10-11-34(15-19)20-8-6-17(7-9-20)12-29-23-21(35(37)38)14-31-24(33-23)30-13-18-4-2-3-5-22(18)39-25(26,27)28;25-24(26,27)38-20-4-2-1-3-17(20)14-30-23-31-15-19(34(36)37)22(32-23)29-13-16-5-7-18(8-6-16)33-11-9-21(35)28-10-12-33/h2*2-5,14,17,19-20H,6-13,15H2,1H3,(H,32,36)(H2,29,30,31,33);1-4,15-16,18H,5-14H2,(H,28,35)(H2,29,30,31,32). The number of para-hydroxylation sites is 3. The zero-order valence-corrected chi connectivity index (χ0v) is 63.7. The van der Waals surface area contributed by atoms with Gasteiger partial charge in [-0.2, -0.15) is 15.0 Å². The van der Waals surface area contributed by atoms with Crippen LogP contribution in [0.25, 0.3) is 0 Å². The molecule has 33 nitrogen and oxygen atoms in total. The van der Waals surface area contributed by atoms with Crippen LogP contribution in [0.1, 0.15) is 127 Å². The lowest BCUT2D eigenvalue weighted by atomic mass is 9.85. The molecule has 6 aromatic rings. The van der Waals surface area contributed by atoms with Gasteiger partial charge in [0.15, 0.2) is 0 Å². The van der Waals surface area contributed by atoms with E-state index in [2.05, 4.69) is 107 Å². The first-order chi connectivity index (χ1) is 55.3. The number of rotatable bonds is 29. The van der Waals surface area contributed by atoms with E-state index < -0.39 is 33.9 Å². The number of amides is 3. The molecule has 6 heterocycles. The van der Waals surface area contributed by atoms with Gasteiger partial charge < -0.3 is 62.1 Å². The molecule has 2 atom stereocenters. The summed E-state index contributed by atoms with van der Waals surface area (Å²) in [6.07, 6.45) is 2.86. The van der Waals surface area contributed by atoms with Crippen LogP contribution in [0.3, 0.4) is 0 Å². The molecule has 12 rings (SSSR count). The van der Waals surface area contributed by atoms with Crippen molar-refractivity contribution in [1.82, 2.24) is 60.6 Å². The van der Waals surface area contributed by atoms with Crippen LogP contribution in [-0.2, 0) is 34.0 Å². The summed E-state index contributed by atoms with van der Waals surface area (Å²) in [5, 5.41) is 61.2. The van der Waals surface area contributed by atoms with Crippen molar-refractivity contribution in [3.05, 3.63) is 138 Å². The van der Waals surface area contributed by atoms with Gasteiger partial charge in [0.2, 0.25) is 53.0 Å². The number of anilines is 6. The van der Waals surface area contributed by atoms with Crippen LogP contribution < -0.4 is 62.1 Å². The third kappa shape index (κ3) is 27.6. The Kier molecular flexibility index (Phi) is 30.9. The lowest BCUT2D eigenvalue weighted by Crippen LogP contribution is -2.41. The first-order valence-electron chi connectivity index (χ1n) is 38.3. The fourth-order valence-electron chi connectivity index (χ4n) is 15.4. The van der Waals surface area contributed by atoms with Gasteiger partial charge >= 0.3 is 36.1 Å². The topological polar surface area (TPSA) is 404 Å². The summed E-state index contributed by atoms with van der Waals surface area (Å²) < 4.78 is 126. The third-order valence-corrected chi connectivity index (χ3v) is 21.1. The highest BCUT2D eigenvalue weighted by Gasteiger charge is 2.38. The number of hydrogen-bond acceptors (Lipinski definition) is 27. The number of likely N-dealkylation sites (tertiary alicyclic amines) is 2. The van der Waals surface area contributed by atoms with E-state index in [1.807, 2.05) is 0 Å². The summed E-state index contributed by atoms with van der Waals surface area (Å²) >= 11 is 0. The van der Waals surface area contributed by atoms with Gasteiger partial charge in [-0.1, -0.05) is 54.6 Å². The Bertz CT molecular complexity index is 4110. The van der Waals surface area contributed by atoms with E-state index in [-0.39, 0.29) is 136 Å². The van der Waals surface area contributed by atoms with Gasteiger partial charge in [-0.3, -0.25) is 59.4 Å². The molecule has 3 aromatic heterocycles. The van der Waals surface area contributed by atoms with E-state index in [9.17, 15) is 84.2 Å². The minimum Gasteiger partial charge on any atom is -0.405 e. The highest BCUT2D eigenvalue weighted by Crippen LogP contribution is 2.37. The van der Waals surface area contributed by atoms with Crippen LogP contribution in [0.15, 0.2) is 91.4 Å². The van der Waals surface area contributed by atoms with Crippen molar-refractivity contribution in [2.45, 2.75) is 179 Å². The maximum Gasteiger partial charge on any atom is 0.573 e. The third-order valence-electron chi connectivity index (χ3n) is 21.1. The predicted molar refractivity (Wildman–Crippen MR) is 407 cm³/mol. The minimum absolute atomic E-state index is 0.00547. The van der Waals surface area contributed by atoms with E-state index in [1.165, 1.54) is 68.4 Å². The van der Waals surface area contributed by atoms with Crippen LogP contribution in [0.5, 0.6) is 17.2 Å². The van der Waals surface area contributed by atoms with Gasteiger partial charge in [-0.05, 0) is 126 Å². The lowest BCUT2D eigenvalue weighted by Gasteiger charge is -2.36. The molecule has 2 unspecified atom stereocenters.